The van der Waals surface area contributed by atoms with Crippen molar-refractivity contribution >= 4 is 29.4 Å². The van der Waals surface area contributed by atoms with Crippen LogP contribution < -0.4 is 5.32 Å². The molecule has 0 unspecified atom stereocenters. The number of carbonyl (C=O) groups excluding carboxylic acids is 1. The second kappa shape index (κ2) is 7.85. The van der Waals surface area contributed by atoms with Crippen molar-refractivity contribution in [2.45, 2.75) is 44.8 Å². The van der Waals surface area contributed by atoms with Crippen molar-refractivity contribution in [1.82, 2.24) is 14.9 Å². The number of anilines is 1. The van der Waals surface area contributed by atoms with E-state index in [-0.39, 0.29) is 18.5 Å². The summed E-state index contributed by atoms with van der Waals surface area (Å²) >= 11 is 6.36. The Kier molecular flexibility index (Phi) is 5.38. The third-order valence-corrected chi connectivity index (χ3v) is 5.96. The second-order valence-corrected chi connectivity index (χ2v) is 8.46. The Balaban J connectivity index is 1.62. The molecule has 0 saturated carbocycles. The van der Waals surface area contributed by atoms with Gasteiger partial charge < -0.3 is 20.1 Å². The van der Waals surface area contributed by atoms with Gasteiger partial charge in [-0.1, -0.05) is 23.7 Å². The van der Waals surface area contributed by atoms with Crippen LogP contribution in [0.2, 0.25) is 5.02 Å². The number of carboxylic acid groups (broad SMARTS) is 1. The molecule has 0 spiro atoms. The standard InChI is InChI=1S/C21H23ClN4O4/c1-21(2,19(28)29)26-11-13-4-3-12(9-15(13)18(26)27)17-16(22)10-23-20(25-17)24-14-5-7-30-8-6-14/h3-4,9-10,14H,5-8,11H2,1-2H3,(H,28,29)(H,23,24,25). The summed E-state index contributed by atoms with van der Waals surface area (Å²) < 4.78 is 5.37. The SMILES string of the molecule is CC(C)(C(=O)O)N1Cc2ccc(-c3nc(NC4CCOCC4)ncc3Cl)cc2C1=O. The number of carbonyl (C=O) groups is 2. The van der Waals surface area contributed by atoms with Gasteiger partial charge in [0.2, 0.25) is 5.95 Å². The maximum Gasteiger partial charge on any atom is 0.329 e. The fourth-order valence-electron chi connectivity index (χ4n) is 3.68. The number of carboxylic acids is 1. The zero-order chi connectivity index (χ0) is 21.5. The summed E-state index contributed by atoms with van der Waals surface area (Å²) in [6, 6.07) is 5.63. The van der Waals surface area contributed by atoms with Crippen molar-refractivity contribution in [3.8, 4) is 11.3 Å². The summed E-state index contributed by atoms with van der Waals surface area (Å²) in [6.45, 7) is 4.70. The molecular formula is C21H23ClN4O4. The highest BCUT2D eigenvalue weighted by Gasteiger charge is 2.42. The molecule has 0 radical (unpaired) electrons. The van der Waals surface area contributed by atoms with Gasteiger partial charge in [-0.05, 0) is 38.3 Å². The van der Waals surface area contributed by atoms with Gasteiger partial charge in [-0.15, -0.1) is 0 Å². The molecule has 2 aromatic rings. The Morgan fingerprint density at radius 2 is 2.07 bits per heavy atom. The Morgan fingerprint density at radius 1 is 1.33 bits per heavy atom. The largest absolute Gasteiger partial charge is 0.480 e. The molecule has 2 aliphatic rings. The number of hydrogen-bond acceptors (Lipinski definition) is 6. The van der Waals surface area contributed by atoms with Gasteiger partial charge in [-0.2, -0.15) is 0 Å². The Bertz CT molecular complexity index is 1000. The molecule has 1 aromatic carbocycles. The average Bonchev–Trinajstić information content (AvgIpc) is 3.07. The summed E-state index contributed by atoms with van der Waals surface area (Å²) in [5.41, 5.74) is 1.15. The Hall–Kier alpha value is -2.71. The first-order valence-electron chi connectivity index (χ1n) is 9.83. The van der Waals surface area contributed by atoms with Gasteiger partial charge in [0.25, 0.3) is 5.91 Å². The lowest BCUT2D eigenvalue weighted by Gasteiger charge is -2.31. The van der Waals surface area contributed by atoms with Crippen LogP contribution in [0.3, 0.4) is 0 Å². The van der Waals surface area contributed by atoms with Crippen LogP contribution in [0.4, 0.5) is 5.95 Å². The molecule has 1 fully saturated rings. The van der Waals surface area contributed by atoms with Crippen LogP contribution in [-0.4, -0.2) is 56.6 Å². The zero-order valence-corrected chi connectivity index (χ0v) is 17.6. The van der Waals surface area contributed by atoms with E-state index in [2.05, 4.69) is 15.3 Å². The van der Waals surface area contributed by atoms with E-state index < -0.39 is 11.5 Å². The van der Waals surface area contributed by atoms with Crippen molar-refractivity contribution in [2.24, 2.45) is 0 Å². The lowest BCUT2D eigenvalue weighted by molar-refractivity contribution is -0.147. The van der Waals surface area contributed by atoms with E-state index in [0.29, 0.717) is 41.0 Å². The maximum atomic E-state index is 12.9. The number of nitrogens with zero attached hydrogens (tertiary/aromatic N) is 3. The first-order valence-corrected chi connectivity index (χ1v) is 10.2. The molecule has 158 valence electrons. The highest BCUT2D eigenvalue weighted by atomic mass is 35.5. The van der Waals surface area contributed by atoms with E-state index in [4.69, 9.17) is 16.3 Å². The minimum absolute atomic E-state index is 0.237. The third-order valence-electron chi connectivity index (χ3n) is 5.68. The number of rotatable bonds is 5. The van der Waals surface area contributed by atoms with Crippen LogP contribution in [0, 0.1) is 0 Å². The summed E-state index contributed by atoms with van der Waals surface area (Å²) in [5.74, 6) is -0.890. The number of nitrogens with one attached hydrogen (secondary N) is 1. The van der Waals surface area contributed by atoms with Crippen molar-refractivity contribution in [1.29, 1.82) is 0 Å². The number of amides is 1. The van der Waals surface area contributed by atoms with E-state index in [1.165, 1.54) is 18.7 Å². The third kappa shape index (κ3) is 3.73. The summed E-state index contributed by atoms with van der Waals surface area (Å²) in [6.07, 6.45) is 3.30. The topological polar surface area (TPSA) is 105 Å². The van der Waals surface area contributed by atoms with E-state index >= 15 is 0 Å². The van der Waals surface area contributed by atoms with E-state index in [9.17, 15) is 14.7 Å². The van der Waals surface area contributed by atoms with Crippen LogP contribution in [0.5, 0.6) is 0 Å². The second-order valence-electron chi connectivity index (χ2n) is 8.05. The smallest absolute Gasteiger partial charge is 0.329 e. The molecule has 3 heterocycles. The van der Waals surface area contributed by atoms with Crippen LogP contribution >= 0.6 is 11.6 Å². The number of aliphatic carboxylic acids is 1. The summed E-state index contributed by atoms with van der Waals surface area (Å²) in [5, 5.41) is 13.2. The Morgan fingerprint density at radius 3 is 2.77 bits per heavy atom. The number of halogens is 1. The van der Waals surface area contributed by atoms with Crippen molar-refractivity contribution < 1.29 is 19.4 Å². The fourth-order valence-corrected chi connectivity index (χ4v) is 3.88. The molecule has 0 atom stereocenters. The highest BCUT2D eigenvalue weighted by molar-refractivity contribution is 6.33. The molecule has 1 amide bonds. The molecule has 9 heteroatoms. The Labute approximate surface area is 179 Å². The van der Waals surface area contributed by atoms with Crippen LogP contribution in [-0.2, 0) is 16.1 Å². The fraction of sp³-hybridized carbons (Fsp3) is 0.429. The van der Waals surface area contributed by atoms with Gasteiger partial charge in [0.15, 0.2) is 0 Å². The molecule has 1 aromatic heterocycles. The minimum atomic E-state index is -1.30. The molecule has 0 aliphatic carbocycles. The molecule has 1 saturated heterocycles. The molecule has 30 heavy (non-hydrogen) atoms. The highest BCUT2D eigenvalue weighted by Crippen LogP contribution is 2.34. The van der Waals surface area contributed by atoms with E-state index in [1.807, 2.05) is 12.1 Å². The van der Waals surface area contributed by atoms with Crippen LogP contribution in [0.15, 0.2) is 24.4 Å². The first kappa shape index (κ1) is 20.6. The normalized spacial score (nSPS) is 17.2. The minimum Gasteiger partial charge on any atom is -0.480 e. The van der Waals surface area contributed by atoms with Crippen LogP contribution in [0.1, 0.15) is 42.6 Å². The lowest BCUT2D eigenvalue weighted by atomic mass is 10.0. The van der Waals surface area contributed by atoms with Crippen molar-refractivity contribution in [3.05, 3.63) is 40.5 Å². The van der Waals surface area contributed by atoms with Gasteiger partial charge in [0.05, 0.1) is 16.9 Å². The molecule has 8 nitrogen and oxygen atoms in total. The van der Waals surface area contributed by atoms with Gasteiger partial charge >= 0.3 is 5.97 Å². The van der Waals surface area contributed by atoms with Crippen molar-refractivity contribution in [3.63, 3.8) is 0 Å². The number of fused-ring (bicyclic) bond motifs is 1. The predicted octanol–water partition coefficient (Wildman–Crippen LogP) is 3.21. The summed E-state index contributed by atoms with van der Waals surface area (Å²) in [7, 11) is 0. The monoisotopic (exact) mass is 430 g/mol. The molecule has 2 aliphatic heterocycles. The number of hydrogen-bond donors (Lipinski definition) is 2. The number of benzene rings is 1. The summed E-state index contributed by atoms with van der Waals surface area (Å²) in [4.78, 5) is 34.7. The molecule has 2 N–H and O–H groups in total. The van der Waals surface area contributed by atoms with Gasteiger partial charge in [-0.25, -0.2) is 14.8 Å². The van der Waals surface area contributed by atoms with E-state index in [0.717, 1.165) is 18.4 Å². The quantitative estimate of drug-likeness (QED) is 0.750. The first-order chi connectivity index (χ1) is 14.3. The van der Waals surface area contributed by atoms with Crippen molar-refractivity contribution in [2.75, 3.05) is 18.5 Å². The van der Waals surface area contributed by atoms with Gasteiger partial charge in [0.1, 0.15) is 5.54 Å². The van der Waals surface area contributed by atoms with E-state index in [1.54, 1.807) is 12.3 Å². The number of aromatic nitrogens is 2. The number of ether oxygens (including phenoxy) is 1. The average molecular weight is 431 g/mol. The predicted molar refractivity (Wildman–Crippen MR) is 112 cm³/mol. The van der Waals surface area contributed by atoms with Gasteiger partial charge in [0, 0.05) is 36.9 Å². The molecule has 0 bridgehead atoms. The zero-order valence-electron chi connectivity index (χ0n) is 16.8. The van der Waals surface area contributed by atoms with Gasteiger partial charge in [-0.3, -0.25) is 4.79 Å². The molecular weight excluding hydrogens is 408 g/mol. The lowest BCUT2D eigenvalue weighted by Crippen LogP contribution is -2.50. The maximum absolute atomic E-state index is 12.9. The van der Waals surface area contributed by atoms with Crippen LogP contribution in [0.25, 0.3) is 11.3 Å². The molecule has 4 rings (SSSR count).